The van der Waals surface area contributed by atoms with Crippen LogP contribution in [0.1, 0.15) is 35.5 Å². The summed E-state index contributed by atoms with van der Waals surface area (Å²) in [5.74, 6) is -1.55. The van der Waals surface area contributed by atoms with E-state index in [1.54, 1.807) is 11.6 Å². The summed E-state index contributed by atoms with van der Waals surface area (Å²) in [4.78, 5) is 23.4. The molecule has 2 aromatic rings. The number of amides is 1. The topological polar surface area (TPSA) is 84.2 Å². The molecule has 0 atom stereocenters. The molecular weight excluding hydrogens is 282 g/mol. The normalized spacial score (nSPS) is 11.3. The summed E-state index contributed by atoms with van der Waals surface area (Å²) in [6, 6.07) is 7.75. The monoisotopic (exact) mass is 301 g/mol. The molecule has 6 heteroatoms. The van der Waals surface area contributed by atoms with Crippen molar-refractivity contribution in [3.8, 4) is 5.69 Å². The van der Waals surface area contributed by atoms with Crippen LogP contribution in [0, 0.1) is 13.8 Å². The van der Waals surface area contributed by atoms with E-state index in [1.807, 2.05) is 31.2 Å². The zero-order chi connectivity index (χ0) is 16.5. The van der Waals surface area contributed by atoms with E-state index in [4.69, 9.17) is 5.11 Å². The van der Waals surface area contributed by atoms with Crippen molar-refractivity contribution in [3.63, 3.8) is 0 Å². The predicted octanol–water partition coefficient (Wildman–Crippen LogP) is 2.08. The van der Waals surface area contributed by atoms with Crippen LogP contribution in [0.15, 0.2) is 30.5 Å². The Hall–Kier alpha value is -2.63. The van der Waals surface area contributed by atoms with Crippen molar-refractivity contribution >= 4 is 11.9 Å². The Kier molecular flexibility index (Phi) is 4.03. The summed E-state index contributed by atoms with van der Waals surface area (Å²) in [5.41, 5.74) is 1.62. The Morgan fingerprint density at radius 2 is 1.95 bits per heavy atom. The molecule has 2 rings (SSSR count). The zero-order valence-corrected chi connectivity index (χ0v) is 13.0. The molecule has 0 bridgehead atoms. The number of aromatic nitrogens is 2. The smallest absolute Gasteiger partial charge is 0.328 e. The number of carboxylic acid groups (broad SMARTS) is 1. The van der Waals surface area contributed by atoms with Crippen LogP contribution in [0.25, 0.3) is 5.69 Å². The highest BCUT2D eigenvalue weighted by molar-refractivity contribution is 5.98. The van der Waals surface area contributed by atoms with Crippen molar-refractivity contribution in [2.24, 2.45) is 0 Å². The Morgan fingerprint density at radius 3 is 2.55 bits per heavy atom. The van der Waals surface area contributed by atoms with E-state index in [0.29, 0.717) is 11.3 Å². The molecular formula is C16H19N3O3. The quantitative estimate of drug-likeness (QED) is 0.905. The van der Waals surface area contributed by atoms with E-state index in [1.165, 1.54) is 20.0 Å². The van der Waals surface area contributed by atoms with Gasteiger partial charge >= 0.3 is 5.97 Å². The van der Waals surface area contributed by atoms with Gasteiger partial charge in [0.2, 0.25) is 0 Å². The van der Waals surface area contributed by atoms with Gasteiger partial charge in [-0.15, -0.1) is 0 Å². The largest absolute Gasteiger partial charge is 0.480 e. The summed E-state index contributed by atoms with van der Waals surface area (Å²) in [6.45, 7) is 6.63. The van der Waals surface area contributed by atoms with E-state index in [9.17, 15) is 9.59 Å². The van der Waals surface area contributed by atoms with Gasteiger partial charge in [-0.3, -0.25) is 4.79 Å². The van der Waals surface area contributed by atoms with E-state index < -0.39 is 17.4 Å². The van der Waals surface area contributed by atoms with Gasteiger partial charge in [-0.05, 0) is 45.4 Å². The number of benzene rings is 1. The van der Waals surface area contributed by atoms with Crippen LogP contribution in [0.2, 0.25) is 0 Å². The van der Waals surface area contributed by atoms with Crippen molar-refractivity contribution in [2.45, 2.75) is 33.2 Å². The molecule has 22 heavy (non-hydrogen) atoms. The maximum atomic E-state index is 12.3. The van der Waals surface area contributed by atoms with Crippen molar-refractivity contribution in [3.05, 3.63) is 47.3 Å². The number of nitrogens with one attached hydrogen (secondary N) is 1. The van der Waals surface area contributed by atoms with Crippen LogP contribution < -0.4 is 5.32 Å². The molecule has 1 aromatic carbocycles. The van der Waals surface area contributed by atoms with Gasteiger partial charge in [0.05, 0.1) is 23.1 Å². The molecule has 2 N–H and O–H groups in total. The lowest BCUT2D eigenvalue weighted by atomic mass is 10.1. The Labute approximate surface area is 128 Å². The van der Waals surface area contributed by atoms with Crippen molar-refractivity contribution in [2.75, 3.05) is 0 Å². The highest BCUT2D eigenvalue weighted by Crippen LogP contribution is 2.16. The first kappa shape index (κ1) is 15.8. The van der Waals surface area contributed by atoms with Crippen molar-refractivity contribution < 1.29 is 14.7 Å². The van der Waals surface area contributed by atoms with Crippen LogP contribution in [0.3, 0.4) is 0 Å². The molecule has 0 saturated carbocycles. The molecule has 6 nitrogen and oxygen atoms in total. The third-order valence-electron chi connectivity index (χ3n) is 3.46. The first-order valence-electron chi connectivity index (χ1n) is 6.90. The number of carboxylic acids is 1. The summed E-state index contributed by atoms with van der Waals surface area (Å²) in [5, 5.41) is 15.8. The van der Waals surface area contributed by atoms with Crippen LogP contribution in [0.4, 0.5) is 0 Å². The number of nitrogens with zero attached hydrogens (tertiary/aromatic N) is 2. The molecule has 0 saturated heterocycles. The number of hydrogen-bond acceptors (Lipinski definition) is 3. The summed E-state index contributed by atoms with van der Waals surface area (Å²) in [6.07, 6.45) is 1.45. The number of aliphatic carboxylic acids is 1. The van der Waals surface area contributed by atoms with Gasteiger partial charge in [0.15, 0.2) is 0 Å². The van der Waals surface area contributed by atoms with Gasteiger partial charge in [-0.2, -0.15) is 5.10 Å². The minimum atomic E-state index is -1.34. The number of aryl methyl sites for hydroxylation is 1. The molecule has 0 spiro atoms. The van der Waals surface area contributed by atoms with E-state index in [0.717, 1.165) is 11.3 Å². The maximum absolute atomic E-state index is 12.3. The first-order chi connectivity index (χ1) is 10.2. The lowest BCUT2D eigenvalue weighted by molar-refractivity contribution is -0.143. The Morgan fingerprint density at radius 1 is 1.27 bits per heavy atom. The molecule has 1 aromatic heterocycles. The summed E-state index contributed by atoms with van der Waals surface area (Å²) >= 11 is 0. The van der Waals surface area contributed by atoms with Gasteiger partial charge < -0.3 is 10.4 Å². The third kappa shape index (κ3) is 3.00. The lowest BCUT2D eigenvalue weighted by Crippen LogP contribution is -2.49. The zero-order valence-electron chi connectivity index (χ0n) is 13.0. The van der Waals surface area contributed by atoms with E-state index in [2.05, 4.69) is 10.4 Å². The summed E-state index contributed by atoms with van der Waals surface area (Å²) in [7, 11) is 0. The van der Waals surface area contributed by atoms with Crippen LogP contribution in [-0.4, -0.2) is 32.3 Å². The highest BCUT2D eigenvalue weighted by Gasteiger charge is 2.30. The Balaban J connectivity index is 2.32. The lowest BCUT2D eigenvalue weighted by Gasteiger charge is -2.20. The second kappa shape index (κ2) is 5.63. The van der Waals surface area contributed by atoms with Crippen molar-refractivity contribution in [1.29, 1.82) is 0 Å². The molecule has 1 amide bonds. The molecule has 0 aliphatic carbocycles. The molecule has 116 valence electrons. The van der Waals surface area contributed by atoms with Gasteiger partial charge in [-0.1, -0.05) is 12.1 Å². The Bertz CT molecular complexity index is 732. The van der Waals surface area contributed by atoms with Crippen LogP contribution in [0.5, 0.6) is 0 Å². The van der Waals surface area contributed by atoms with Gasteiger partial charge in [0, 0.05) is 0 Å². The molecule has 0 aliphatic heterocycles. The van der Waals surface area contributed by atoms with Gasteiger partial charge in [0.25, 0.3) is 5.91 Å². The van der Waals surface area contributed by atoms with Gasteiger partial charge in [-0.25, -0.2) is 9.48 Å². The minimum absolute atomic E-state index is 0.357. The maximum Gasteiger partial charge on any atom is 0.328 e. The fourth-order valence-corrected chi connectivity index (χ4v) is 2.06. The number of carbonyl (C=O) groups excluding carboxylic acids is 1. The SMILES string of the molecule is Cc1cccc(-n2ncc(C(=O)NC(C)(C)C(=O)O)c2C)c1. The number of carbonyl (C=O) groups is 2. The first-order valence-corrected chi connectivity index (χ1v) is 6.90. The second-order valence-corrected chi connectivity index (χ2v) is 5.78. The molecule has 0 aliphatic rings. The van der Waals surface area contributed by atoms with Crippen LogP contribution >= 0.6 is 0 Å². The summed E-state index contributed by atoms with van der Waals surface area (Å²) < 4.78 is 1.66. The molecule has 1 heterocycles. The second-order valence-electron chi connectivity index (χ2n) is 5.78. The van der Waals surface area contributed by atoms with Gasteiger partial charge in [0.1, 0.15) is 5.54 Å². The average molecular weight is 301 g/mol. The number of hydrogen-bond donors (Lipinski definition) is 2. The van der Waals surface area contributed by atoms with E-state index >= 15 is 0 Å². The average Bonchev–Trinajstić information content (AvgIpc) is 2.80. The minimum Gasteiger partial charge on any atom is -0.480 e. The number of rotatable bonds is 4. The third-order valence-corrected chi connectivity index (χ3v) is 3.46. The van der Waals surface area contributed by atoms with Crippen molar-refractivity contribution in [1.82, 2.24) is 15.1 Å². The van der Waals surface area contributed by atoms with E-state index in [-0.39, 0.29) is 0 Å². The fourth-order valence-electron chi connectivity index (χ4n) is 2.06. The standard InChI is InChI=1S/C16H19N3O3/c1-10-6-5-7-12(8-10)19-11(2)13(9-17-19)14(20)18-16(3,4)15(21)22/h5-9H,1-4H3,(H,18,20)(H,21,22). The molecule has 0 radical (unpaired) electrons. The highest BCUT2D eigenvalue weighted by atomic mass is 16.4. The molecule has 0 fully saturated rings. The predicted molar refractivity (Wildman–Crippen MR) is 82.2 cm³/mol. The van der Waals surface area contributed by atoms with Crippen LogP contribution in [-0.2, 0) is 4.79 Å². The fraction of sp³-hybridized carbons (Fsp3) is 0.312. The molecule has 0 unspecified atom stereocenters.